The Morgan fingerprint density at radius 3 is 2.52 bits per heavy atom. The Balaban J connectivity index is 2.24. The minimum Gasteiger partial charge on any atom is -0.261 e. The molecule has 1 aliphatic heterocycles. The van der Waals surface area contributed by atoms with Crippen molar-refractivity contribution in [2.75, 3.05) is 23.8 Å². The molecule has 118 valence electrons. The number of halogens is 1. The molecule has 0 spiro atoms. The van der Waals surface area contributed by atoms with E-state index in [2.05, 4.69) is 6.92 Å². The van der Waals surface area contributed by atoms with Crippen LogP contribution in [0.5, 0.6) is 0 Å². The van der Waals surface area contributed by atoms with Gasteiger partial charge in [-0.1, -0.05) is 25.5 Å². The Morgan fingerprint density at radius 1 is 1.29 bits per heavy atom. The highest BCUT2D eigenvalue weighted by atomic mass is 35.5. The average molecular weight is 331 g/mol. The van der Waals surface area contributed by atoms with Crippen LogP contribution in [0.4, 0.5) is 5.69 Å². The Bertz CT molecular complexity index is 560. The summed E-state index contributed by atoms with van der Waals surface area (Å²) in [5.41, 5.74) is 1.88. The zero-order valence-electron chi connectivity index (χ0n) is 12.6. The first kappa shape index (κ1) is 16.6. The van der Waals surface area contributed by atoms with Gasteiger partial charge in [-0.05, 0) is 37.0 Å². The van der Waals surface area contributed by atoms with Crippen LogP contribution in [0.25, 0.3) is 0 Å². The number of alkyl halides is 1. The molecule has 1 aromatic carbocycles. The summed E-state index contributed by atoms with van der Waals surface area (Å²) in [6, 6.07) is 7.56. The molecule has 0 bridgehead atoms. The third-order valence-electron chi connectivity index (χ3n) is 4.10. The molecular weight excluding hydrogens is 308 g/mol. The highest BCUT2D eigenvalue weighted by Gasteiger charge is 2.34. The van der Waals surface area contributed by atoms with E-state index in [1.807, 2.05) is 24.3 Å². The van der Waals surface area contributed by atoms with E-state index in [0.29, 0.717) is 18.1 Å². The molecule has 0 N–H and O–H groups in total. The molecule has 1 saturated heterocycles. The lowest BCUT2D eigenvalue weighted by atomic mass is 10.1. The van der Waals surface area contributed by atoms with Crippen LogP contribution in [0.1, 0.15) is 31.7 Å². The third kappa shape index (κ3) is 3.52. The second kappa shape index (κ2) is 6.99. The van der Waals surface area contributed by atoms with E-state index >= 15 is 0 Å². The van der Waals surface area contributed by atoms with E-state index in [-0.39, 0.29) is 6.04 Å². The maximum absolute atomic E-state index is 12.8. The van der Waals surface area contributed by atoms with E-state index in [0.717, 1.165) is 25.7 Å². The van der Waals surface area contributed by atoms with Crippen LogP contribution in [-0.2, 0) is 16.6 Å². The Kier molecular flexibility index (Phi) is 5.52. The van der Waals surface area contributed by atoms with E-state index in [4.69, 9.17) is 11.6 Å². The van der Waals surface area contributed by atoms with Crippen LogP contribution >= 0.6 is 11.6 Å². The van der Waals surface area contributed by atoms with Crippen molar-refractivity contribution < 1.29 is 8.42 Å². The molecule has 0 aromatic heterocycles. The molecular formula is C15H23ClN2O2S. The van der Waals surface area contributed by atoms with Crippen molar-refractivity contribution in [3.05, 3.63) is 29.8 Å². The molecule has 2 rings (SSSR count). The van der Waals surface area contributed by atoms with E-state index in [1.54, 1.807) is 11.4 Å². The SMILES string of the molecule is CCc1ccc(N(C)S(=O)(=O)N2CCCCC2CCl)cc1. The van der Waals surface area contributed by atoms with Crippen molar-refractivity contribution in [3.63, 3.8) is 0 Å². The fourth-order valence-electron chi connectivity index (χ4n) is 2.66. The van der Waals surface area contributed by atoms with Gasteiger partial charge in [-0.2, -0.15) is 12.7 Å². The van der Waals surface area contributed by atoms with Gasteiger partial charge in [0.2, 0.25) is 0 Å². The van der Waals surface area contributed by atoms with Gasteiger partial charge in [-0.3, -0.25) is 4.31 Å². The fourth-order valence-corrected chi connectivity index (χ4v) is 4.69. The van der Waals surface area contributed by atoms with E-state index < -0.39 is 10.2 Å². The standard InChI is InChI=1S/C15H23ClN2O2S/c1-3-13-7-9-14(10-8-13)17(2)21(19,20)18-11-5-4-6-15(18)12-16/h7-10,15H,3-6,11-12H2,1-2H3. The molecule has 1 fully saturated rings. The molecule has 0 aliphatic carbocycles. The Morgan fingerprint density at radius 2 is 1.95 bits per heavy atom. The van der Waals surface area contributed by atoms with Crippen molar-refractivity contribution >= 4 is 27.5 Å². The zero-order chi connectivity index (χ0) is 15.5. The molecule has 4 nitrogen and oxygen atoms in total. The number of nitrogens with zero attached hydrogens (tertiary/aromatic N) is 2. The number of hydrogen-bond donors (Lipinski definition) is 0. The summed E-state index contributed by atoms with van der Waals surface area (Å²) in [7, 11) is -1.91. The summed E-state index contributed by atoms with van der Waals surface area (Å²) in [4.78, 5) is 0. The first-order valence-electron chi connectivity index (χ1n) is 7.41. The number of hydrogen-bond acceptors (Lipinski definition) is 2. The van der Waals surface area contributed by atoms with Crippen LogP contribution in [0.2, 0.25) is 0 Å². The normalized spacial score (nSPS) is 20.4. The summed E-state index contributed by atoms with van der Waals surface area (Å²) in [6.07, 6.45) is 3.72. The average Bonchev–Trinajstić information content (AvgIpc) is 2.54. The summed E-state index contributed by atoms with van der Waals surface area (Å²) < 4.78 is 28.5. The Labute approximate surface area is 132 Å². The quantitative estimate of drug-likeness (QED) is 0.779. The summed E-state index contributed by atoms with van der Waals surface area (Å²) in [6.45, 7) is 2.63. The Hall–Kier alpha value is -0.780. The van der Waals surface area contributed by atoms with Crippen LogP contribution in [0.15, 0.2) is 24.3 Å². The first-order chi connectivity index (χ1) is 10.0. The number of anilines is 1. The van der Waals surface area contributed by atoms with Gasteiger partial charge in [0.15, 0.2) is 0 Å². The lowest BCUT2D eigenvalue weighted by Gasteiger charge is -2.36. The van der Waals surface area contributed by atoms with Crippen molar-refractivity contribution in [2.45, 2.75) is 38.6 Å². The summed E-state index contributed by atoms with van der Waals surface area (Å²) in [5, 5.41) is 0. The molecule has 1 aliphatic rings. The summed E-state index contributed by atoms with van der Waals surface area (Å²) in [5.74, 6) is 0.349. The highest BCUT2D eigenvalue weighted by molar-refractivity contribution is 7.90. The molecule has 21 heavy (non-hydrogen) atoms. The molecule has 0 saturated carbocycles. The first-order valence-corrected chi connectivity index (χ1v) is 9.34. The smallest absolute Gasteiger partial charge is 0.261 e. The molecule has 0 amide bonds. The molecule has 1 unspecified atom stereocenters. The van der Waals surface area contributed by atoms with Crippen molar-refractivity contribution in [2.24, 2.45) is 0 Å². The minimum atomic E-state index is -3.51. The van der Waals surface area contributed by atoms with Crippen molar-refractivity contribution in [1.29, 1.82) is 0 Å². The number of aryl methyl sites for hydroxylation is 1. The molecule has 0 radical (unpaired) electrons. The van der Waals surface area contributed by atoms with E-state index in [1.165, 1.54) is 9.87 Å². The van der Waals surface area contributed by atoms with Crippen molar-refractivity contribution in [1.82, 2.24) is 4.31 Å². The number of benzene rings is 1. The van der Waals surface area contributed by atoms with Crippen LogP contribution in [-0.4, -0.2) is 38.2 Å². The molecule has 1 aromatic rings. The predicted molar refractivity (Wildman–Crippen MR) is 88.2 cm³/mol. The van der Waals surface area contributed by atoms with Crippen LogP contribution in [0.3, 0.4) is 0 Å². The minimum absolute atomic E-state index is 0.0946. The molecule has 6 heteroatoms. The van der Waals surface area contributed by atoms with Gasteiger partial charge in [0.05, 0.1) is 5.69 Å². The van der Waals surface area contributed by atoms with Crippen molar-refractivity contribution in [3.8, 4) is 0 Å². The van der Waals surface area contributed by atoms with Gasteiger partial charge in [0.1, 0.15) is 0 Å². The van der Waals surface area contributed by atoms with Crippen LogP contribution < -0.4 is 4.31 Å². The van der Waals surface area contributed by atoms with Gasteiger partial charge in [-0.25, -0.2) is 0 Å². The lowest BCUT2D eigenvalue weighted by molar-refractivity contribution is 0.271. The highest BCUT2D eigenvalue weighted by Crippen LogP contribution is 2.26. The zero-order valence-corrected chi connectivity index (χ0v) is 14.2. The monoisotopic (exact) mass is 330 g/mol. The second-order valence-electron chi connectivity index (χ2n) is 5.41. The molecule has 1 atom stereocenters. The maximum atomic E-state index is 12.8. The lowest BCUT2D eigenvalue weighted by Crippen LogP contribution is -2.50. The third-order valence-corrected chi connectivity index (χ3v) is 6.43. The fraction of sp³-hybridized carbons (Fsp3) is 0.600. The molecule has 1 heterocycles. The van der Waals surface area contributed by atoms with Gasteiger partial charge >= 0.3 is 10.2 Å². The van der Waals surface area contributed by atoms with Gasteiger partial charge in [0.25, 0.3) is 0 Å². The number of piperidine rings is 1. The second-order valence-corrected chi connectivity index (χ2v) is 7.63. The van der Waals surface area contributed by atoms with Gasteiger partial charge < -0.3 is 0 Å². The van der Waals surface area contributed by atoms with Crippen LogP contribution in [0, 0.1) is 0 Å². The largest absolute Gasteiger partial charge is 0.304 e. The van der Waals surface area contributed by atoms with Gasteiger partial charge in [0, 0.05) is 25.5 Å². The maximum Gasteiger partial charge on any atom is 0.304 e. The topological polar surface area (TPSA) is 40.6 Å². The van der Waals surface area contributed by atoms with Gasteiger partial charge in [-0.15, -0.1) is 11.6 Å². The number of rotatable bonds is 5. The van der Waals surface area contributed by atoms with E-state index in [9.17, 15) is 8.42 Å². The predicted octanol–water partition coefficient (Wildman–Crippen LogP) is 3.02. The summed E-state index contributed by atoms with van der Waals surface area (Å²) >= 11 is 5.95.